The summed E-state index contributed by atoms with van der Waals surface area (Å²) in [7, 11) is 0. The van der Waals surface area contributed by atoms with Crippen molar-refractivity contribution in [2.24, 2.45) is 5.92 Å². The van der Waals surface area contributed by atoms with Crippen LogP contribution in [0.1, 0.15) is 232 Å². The fourth-order valence-electron chi connectivity index (χ4n) is 6.58. The molecule has 0 rings (SSSR count). The third-order valence-corrected chi connectivity index (χ3v) is 9.93. The minimum atomic E-state index is -0.129. The van der Waals surface area contributed by atoms with Gasteiger partial charge in [0.15, 0.2) is 0 Å². The van der Waals surface area contributed by atoms with Crippen molar-refractivity contribution in [2.75, 3.05) is 19.8 Å². The summed E-state index contributed by atoms with van der Waals surface area (Å²) in [6, 6.07) is 0. The smallest absolute Gasteiger partial charge is 0.305 e. The first kappa shape index (κ1) is 46.9. The molecule has 286 valence electrons. The molecule has 0 fully saturated rings. The molecular formula is C42H83NO5. The Labute approximate surface area is 299 Å². The first-order valence-corrected chi connectivity index (χ1v) is 21.3. The number of carbonyl (C=O) groups excluding carboxylic acids is 2. The van der Waals surface area contributed by atoms with E-state index in [1.54, 1.807) is 0 Å². The Kier molecular flexibility index (Phi) is 39.3. The van der Waals surface area contributed by atoms with Gasteiger partial charge in [-0.2, -0.15) is 0 Å². The molecule has 48 heavy (non-hydrogen) atoms. The summed E-state index contributed by atoms with van der Waals surface area (Å²) in [4.78, 5) is 24.3. The molecule has 0 amide bonds. The van der Waals surface area contributed by atoms with Crippen LogP contribution in [0.5, 0.6) is 0 Å². The van der Waals surface area contributed by atoms with Gasteiger partial charge >= 0.3 is 11.9 Å². The van der Waals surface area contributed by atoms with Crippen molar-refractivity contribution in [3.8, 4) is 0 Å². The van der Waals surface area contributed by atoms with Crippen LogP contribution in [-0.4, -0.2) is 36.9 Å². The lowest BCUT2D eigenvalue weighted by Gasteiger charge is -2.16. The van der Waals surface area contributed by atoms with E-state index in [0.29, 0.717) is 45.4 Å². The molecule has 0 aliphatic rings. The van der Waals surface area contributed by atoms with Gasteiger partial charge in [-0.25, -0.2) is 5.48 Å². The zero-order valence-electron chi connectivity index (χ0n) is 32.3. The highest BCUT2D eigenvalue weighted by Gasteiger charge is 2.12. The topological polar surface area (TPSA) is 84.9 Å². The molecule has 6 nitrogen and oxygen atoms in total. The Hall–Kier alpha value is -1.14. The summed E-state index contributed by atoms with van der Waals surface area (Å²) in [6.07, 6.45) is 41.6. The van der Waals surface area contributed by atoms with Gasteiger partial charge in [0, 0.05) is 19.4 Å². The molecule has 0 radical (unpaired) electrons. The number of hydrogen-bond donors (Lipinski definition) is 2. The fraction of sp³-hybridized carbons (Fsp3) is 0.952. The monoisotopic (exact) mass is 682 g/mol. The van der Waals surface area contributed by atoms with Gasteiger partial charge in [0.25, 0.3) is 0 Å². The summed E-state index contributed by atoms with van der Waals surface area (Å²) in [6.45, 7) is 5.63. The van der Waals surface area contributed by atoms with Gasteiger partial charge in [0.1, 0.15) is 0 Å². The highest BCUT2D eigenvalue weighted by molar-refractivity contribution is 5.69. The van der Waals surface area contributed by atoms with Gasteiger partial charge < -0.3 is 14.7 Å². The predicted octanol–water partition coefficient (Wildman–Crippen LogP) is 13.0. The Morgan fingerprint density at radius 2 is 0.688 bits per heavy atom. The predicted molar refractivity (Wildman–Crippen MR) is 204 cm³/mol. The lowest BCUT2D eigenvalue weighted by atomic mass is 10.0. The first-order chi connectivity index (χ1) is 23.6. The van der Waals surface area contributed by atoms with Crippen LogP contribution in [-0.2, 0) is 19.1 Å². The van der Waals surface area contributed by atoms with Crippen LogP contribution in [0.15, 0.2) is 0 Å². The third kappa shape index (κ3) is 37.7. The van der Waals surface area contributed by atoms with E-state index in [9.17, 15) is 14.8 Å². The Balaban J connectivity index is 3.56. The Bertz CT molecular complexity index is 606. The summed E-state index contributed by atoms with van der Waals surface area (Å²) < 4.78 is 10.9. The van der Waals surface area contributed by atoms with E-state index in [1.165, 1.54) is 167 Å². The number of ether oxygens (including phenoxy) is 2. The SMILES string of the molecule is CCCCCCCCCCCCCCCCCC(=O)OCCC(CCOC(=O)CCCCCCCCCCCCCCCCC)CNO. The second-order valence-electron chi connectivity index (χ2n) is 14.6. The van der Waals surface area contributed by atoms with Gasteiger partial charge in [-0.15, -0.1) is 0 Å². The molecule has 0 aliphatic heterocycles. The van der Waals surface area contributed by atoms with Crippen molar-refractivity contribution in [1.29, 1.82) is 0 Å². The van der Waals surface area contributed by atoms with Crippen LogP contribution in [0.25, 0.3) is 0 Å². The van der Waals surface area contributed by atoms with E-state index >= 15 is 0 Å². The van der Waals surface area contributed by atoms with Gasteiger partial charge in [-0.1, -0.05) is 194 Å². The standard InChI is InChI=1S/C42H83NO5/c1-3-5-7-9-11-13-15-17-19-21-23-25-27-29-31-33-41(44)47-37-35-40(39-43-46)36-38-48-42(45)34-32-30-28-26-24-22-20-18-16-14-12-10-8-6-4-2/h40,43,46H,3-39H2,1-2H3. The Morgan fingerprint density at radius 3 is 0.938 bits per heavy atom. The normalized spacial score (nSPS) is 11.4. The van der Waals surface area contributed by atoms with E-state index in [0.717, 1.165) is 25.7 Å². The molecule has 0 spiro atoms. The molecule has 0 unspecified atom stereocenters. The van der Waals surface area contributed by atoms with Crippen molar-refractivity contribution >= 4 is 11.9 Å². The van der Waals surface area contributed by atoms with Crippen LogP contribution >= 0.6 is 0 Å². The Morgan fingerprint density at radius 1 is 0.438 bits per heavy atom. The highest BCUT2D eigenvalue weighted by Crippen LogP contribution is 2.16. The highest BCUT2D eigenvalue weighted by atomic mass is 16.5. The number of nitrogens with one attached hydrogen (secondary N) is 1. The number of hydroxylamine groups is 1. The molecule has 0 atom stereocenters. The van der Waals surface area contributed by atoms with Gasteiger partial charge in [0.05, 0.1) is 13.2 Å². The van der Waals surface area contributed by atoms with Crippen LogP contribution in [0.2, 0.25) is 0 Å². The van der Waals surface area contributed by atoms with Crippen LogP contribution in [0.4, 0.5) is 0 Å². The molecule has 6 heteroatoms. The summed E-state index contributed by atoms with van der Waals surface area (Å²) in [5.41, 5.74) is 2.23. The van der Waals surface area contributed by atoms with Crippen molar-refractivity contribution in [2.45, 2.75) is 232 Å². The molecule has 0 aliphatic carbocycles. The molecule has 0 aromatic rings. The molecular weight excluding hydrogens is 598 g/mol. The van der Waals surface area contributed by atoms with Gasteiger partial charge in [-0.3, -0.25) is 9.59 Å². The van der Waals surface area contributed by atoms with Crippen molar-refractivity contribution < 1.29 is 24.3 Å². The maximum Gasteiger partial charge on any atom is 0.305 e. The molecule has 2 N–H and O–H groups in total. The van der Waals surface area contributed by atoms with Gasteiger partial charge in [-0.05, 0) is 31.6 Å². The molecule has 0 saturated heterocycles. The minimum Gasteiger partial charge on any atom is -0.466 e. The fourth-order valence-corrected chi connectivity index (χ4v) is 6.58. The molecule has 0 aromatic carbocycles. The van der Waals surface area contributed by atoms with Crippen LogP contribution < -0.4 is 5.48 Å². The zero-order chi connectivity index (χ0) is 35.0. The molecule has 0 saturated carbocycles. The van der Waals surface area contributed by atoms with Crippen molar-refractivity contribution in [3.05, 3.63) is 0 Å². The lowest BCUT2D eigenvalue weighted by Crippen LogP contribution is -2.23. The zero-order valence-corrected chi connectivity index (χ0v) is 32.3. The minimum absolute atomic E-state index is 0.0900. The van der Waals surface area contributed by atoms with E-state index in [-0.39, 0.29) is 17.9 Å². The summed E-state index contributed by atoms with van der Waals surface area (Å²) >= 11 is 0. The number of unbranched alkanes of at least 4 members (excludes halogenated alkanes) is 28. The van der Waals surface area contributed by atoms with E-state index in [2.05, 4.69) is 19.3 Å². The largest absolute Gasteiger partial charge is 0.466 e. The number of rotatable bonds is 40. The van der Waals surface area contributed by atoms with E-state index < -0.39 is 0 Å². The third-order valence-electron chi connectivity index (χ3n) is 9.93. The van der Waals surface area contributed by atoms with Crippen molar-refractivity contribution in [1.82, 2.24) is 5.48 Å². The van der Waals surface area contributed by atoms with E-state index in [4.69, 9.17) is 9.47 Å². The average Bonchev–Trinajstić information content (AvgIpc) is 3.08. The molecule has 0 aromatic heterocycles. The van der Waals surface area contributed by atoms with Gasteiger partial charge in [0.2, 0.25) is 0 Å². The summed E-state index contributed by atoms with van der Waals surface area (Å²) in [5, 5.41) is 9.19. The number of carbonyl (C=O) groups is 2. The van der Waals surface area contributed by atoms with Crippen molar-refractivity contribution in [3.63, 3.8) is 0 Å². The maximum atomic E-state index is 12.1. The summed E-state index contributed by atoms with van der Waals surface area (Å²) in [5.74, 6) is -0.169. The second kappa shape index (κ2) is 40.3. The van der Waals surface area contributed by atoms with E-state index in [1.807, 2.05) is 0 Å². The molecule has 0 bridgehead atoms. The number of esters is 2. The second-order valence-corrected chi connectivity index (χ2v) is 14.6. The number of hydrogen-bond acceptors (Lipinski definition) is 6. The molecule has 0 heterocycles. The van der Waals surface area contributed by atoms with Crippen LogP contribution in [0.3, 0.4) is 0 Å². The van der Waals surface area contributed by atoms with Crippen LogP contribution in [0, 0.1) is 5.92 Å². The maximum absolute atomic E-state index is 12.1. The quantitative estimate of drug-likeness (QED) is 0.0380. The first-order valence-electron chi connectivity index (χ1n) is 21.3. The lowest BCUT2D eigenvalue weighted by molar-refractivity contribution is -0.144. The average molecular weight is 682 g/mol.